The van der Waals surface area contributed by atoms with E-state index in [-0.39, 0.29) is 5.91 Å². The summed E-state index contributed by atoms with van der Waals surface area (Å²) in [4.78, 5) is 14.3. The van der Waals surface area contributed by atoms with Crippen LogP contribution in [0.5, 0.6) is 0 Å². The van der Waals surface area contributed by atoms with Gasteiger partial charge in [0.1, 0.15) is 5.76 Å². The van der Waals surface area contributed by atoms with Crippen molar-refractivity contribution in [1.82, 2.24) is 10.2 Å². The van der Waals surface area contributed by atoms with Crippen molar-refractivity contribution >= 4 is 5.91 Å². The smallest absolute Gasteiger partial charge is 0.289 e. The van der Waals surface area contributed by atoms with Gasteiger partial charge in [0, 0.05) is 18.6 Å². The lowest BCUT2D eigenvalue weighted by Crippen LogP contribution is -2.48. The van der Waals surface area contributed by atoms with E-state index < -0.39 is 0 Å². The van der Waals surface area contributed by atoms with Gasteiger partial charge in [-0.3, -0.25) is 4.79 Å². The number of fused-ring (bicyclic) bond motifs is 1. The molecule has 3 rings (SSSR count). The van der Waals surface area contributed by atoms with Crippen LogP contribution in [0.15, 0.2) is 16.5 Å². The minimum absolute atomic E-state index is 0.0503. The van der Waals surface area contributed by atoms with Crippen LogP contribution < -0.4 is 5.32 Å². The molecule has 0 radical (unpaired) electrons. The summed E-state index contributed by atoms with van der Waals surface area (Å²) in [5.41, 5.74) is 0. The van der Waals surface area contributed by atoms with E-state index in [2.05, 4.69) is 5.32 Å². The number of piperidine rings is 1. The second kappa shape index (κ2) is 4.18. The number of furan rings is 1. The van der Waals surface area contributed by atoms with E-state index in [9.17, 15) is 4.79 Å². The molecule has 4 heteroatoms. The Bertz CT molecular complexity index is 427. The minimum atomic E-state index is 0.0503. The van der Waals surface area contributed by atoms with Gasteiger partial charge in [-0.05, 0) is 44.9 Å². The Kier molecular flexibility index (Phi) is 2.67. The van der Waals surface area contributed by atoms with E-state index in [1.54, 1.807) is 6.07 Å². The highest BCUT2D eigenvalue weighted by Gasteiger charge is 2.39. The van der Waals surface area contributed by atoms with Crippen molar-refractivity contribution in [2.24, 2.45) is 0 Å². The number of carbonyl (C=O) groups is 1. The molecule has 1 aromatic rings. The first-order valence-corrected chi connectivity index (χ1v) is 6.36. The molecule has 0 aromatic carbocycles. The molecule has 1 aromatic heterocycles. The Balaban J connectivity index is 1.78. The van der Waals surface area contributed by atoms with Gasteiger partial charge in [-0.2, -0.15) is 0 Å². The van der Waals surface area contributed by atoms with Crippen LogP contribution in [0.25, 0.3) is 0 Å². The van der Waals surface area contributed by atoms with Gasteiger partial charge in [0.05, 0.1) is 0 Å². The normalized spacial score (nSPS) is 28.2. The predicted molar refractivity (Wildman–Crippen MR) is 63.9 cm³/mol. The average Bonchev–Trinajstić information content (AvgIpc) is 2.94. The number of amides is 1. The highest BCUT2D eigenvalue weighted by molar-refractivity contribution is 5.92. The van der Waals surface area contributed by atoms with Crippen LogP contribution in [0.1, 0.15) is 35.6 Å². The molecule has 2 unspecified atom stereocenters. The lowest BCUT2D eigenvalue weighted by Gasteiger charge is -2.31. The number of rotatable bonds is 1. The number of nitrogens with one attached hydrogen (secondary N) is 1. The summed E-state index contributed by atoms with van der Waals surface area (Å²) < 4.78 is 5.43. The lowest BCUT2D eigenvalue weighted by molar-refractivity contribution is 0.0672. The van der Waals surface area contributed by atoms with Crippen LogP contribution in [-0.4, -0.2) is 36.0 Å². The zero-order valence-corrected chi connectivity index (χ0v) is 10.1. The Labute approximate surface area is 101 Å². The zero-order chi connectivity index (χ0) is 11.8. The first kappa shape index (κ1) is 10.8. The van der Waals surface area contributed by atoms with Crippen LogP contribution >= 0.6 is 0 Å². The molecule has 0 saturated carbocycles. The summed E-state index contributed by atoms with van der Waals surface area (Å²) in [6.45, 7) is 3.80. The van der Waals surface area contributed by atoms with Gasteiger partial charge in [0.15, 0.2) is 5.76 Å². The third-order valence-electron chi connectivity index (χ3n) is 3.84. The monoisotopic (exact) mass is 234 g/mol. The first-order valence-electron chi connectivity index (χ1n) is 6.36. The molecule has 0 aliphatic carbocycles. The van der Waals surface area contributed by atoms with Crippen molar-refractivity contribution in [2.75, 3.05) is 13.1 Å². The van der Waals surface area contributed by atoms with E-state index >= 15 is 0 Å². The van der Waals surface area contributed by atoms with Crippen molar-refractivity contribution < 1.29 is 9.21 Å². The molecular weight excluding hydrogens is 216 g/mol. The van der Waals surface area contributed by atoms with Crippen molar-refractivity contribution in [2.45, 2.75) is 38.3 Å². The largest absolute Gasteiger partial charge is 0.456 e. The van der Waals surface area contributed by atoms with Gasteiger partial charge in [-0.1, -0.05) is 0 Å². The maximum Gasteiger partial charge on any atom is 0.289 e. The fraction of sp³-hybridized carbons (Fsp3) is 0.615. The molecule has 4 nitrogen and oxygen atoms in total. The van der Waals surface area contributed by atoms with Gasteiger partial charge in [0.25, 0.3) is 5.91 Å². The van der Waals surface area contributed by atoms with Gasteiger partial charge < -0.3 is 14.6 Å². The fourth-order valence-corrected chi connectivity index (χ4v) is 2.99. The third kappa shape index (κ3) is 1.86. The Morgan fingerprint density at radius 2 is 2.35 bits per heavy atom. The number of likely N-dealkylation sites (tertiary alicyclic amines) is 1. The molecule has 3 heterocycles. The zero-order valence-electron chi connectivity index (χ0n) is 10.1. The van der Waals surface area contributed by atoms with Gasteiger partial charge in [-0.25, -0.2) is 0 Å². The number of hydrogen-bond donors (Lipinski definition) is 1. The standard InChI is InChI=1S/C13H18N2O2/c1-9-4-5-12(17-9)13(16)15-8-6-10-11(15)3-2-7-14-10/h4-5,10-11,14H,2-3,6-8H2,1H3. The maximum absolute atomic E-state index is 12.3. The first-order chi connectivity index (χ1) is 8.25. The predicted octanol–water partition coefficient (Wildman–Crippen LogP) is 1.55. The molecular formula is C13H18N2O2. The lowest BCUT2D eigenvalue weighted by atomic mass is 9.99. The number of carbonyl (C=O) groups excluding carboxylic acids is 1. The van der Waals surface area contributed by atoms with Crippen molar-refractivity contribution in [3.05, 3.63) is 23.7 Å². The highest BCUT2D eigenvalue weighted by atomic mass is 16.3. The number of aryl methyl sites for hydroxylation is 1. The van der Waals surface area contributed by atoms with Crippen molar-refractivity contribution in [3.8, 4) is 0 Å². The summed E-state index contributed by atoms with van der Waals surface area (Å²) in [5.74, 6) is 1.33. The van der Waals surface area contributed by atoms with E-state index in [0.29, 0.717) is 17.8 Å². The van der Waals surface area contributed by atoms with Gasteiger partial charge >= 0.3 is 0 Å². The maximum atomic E-state index is 12.3. The Morgan fingerprint density at radius 3 is 3.12 bits per heavy atom. The van der Waals surface area contributed by atoms with Crippen LogP contribution in [-0.2, 0) is 0 Å². The van der Waals surface area contributed by atoms with Crippen LogP contribution in [0.3, 0.4) is 0 Å². The second-order valence-electron chi connectivity index (χ2n) is 4.97. The molecule has 0 spiro atoms. The molecule has 2 atom stereocenters. The molecule has 1 N–H and O–H groups in total. The van der Waals surface area contributed by atoms with Crippen LogP contribution in [0, 0.1) is 6.92 Å². The van der Waals surface area contributed by atoms with E-state index in [0.717, 1.165) is 38.1 Å². The van der Waals surface area contributed by atoms with Gasteiger partial charge in [0.2, 0.25) is 0 Å². The summed E-state index contributed by atoms with van der Waals surface area (Å²) in [6, 6.07) is 4.48. The average molecular weight is 234 g/mol. The second-order valence-corrected chi connectivity index (χ2v) is 4.97. The molecule has 92 valence electrons. The SMILES string of the molecule is Cc1ccc(C(=O)N2CCC3NCCCC32)o1. The van der Waals surface area contributed by atoms with Crippen LogP contribution in [0.2, 0.25) is 0 Å². The van der Waals surface area contributed by atoms with E-state index in [1.165, 1.54) is 0 Å². The molecule has 2 aliphatic heterocycles. The quantitative estimate of drug-likeness (QED) is 0.802. The summed E-state index contributed by atoms with van der Waals surface area (Å²) in [6.07, 6.45) is 3.33. The fourth-order valence-electron chi connectivity index (χ4n) is 2.99. The third-order valence-corrected chi connectivity index (χ3v) is 3.84. The molecule has 2 fully saturated rings. The molecule has 2 saturated heterocycles. The highest BCUT2D eigenvalue weighted by Crippen LogP contribution is 2.27. The summed E-state index contributed by atoms with van der Waals surface area (Å²) >= 11 is 0. The molecule has 17 heavy (non-hydrogen) atoms. The summed E-state index contributed by atoms with van der Waals surface area (Å²) in [5, 5.41) is 3.50. The summed E-state index contributed by atoms with van der Waals surface area (Å²) in [7, 11) is 0. The number of nitrogens with zero attached hydrogens (tertiary/aromatic N) is 1. The molecule has 2 aliphatic rings. The Morgan fingerprint density at radius 1 is 1.47 bits per heavy atom. The minimum Gasteiger partial charge on any atom is -0.456 e. The molecule has 0 bridgehead atoms. The number of hydrogen-bond acceptors (Lipinski definition) is 3. The topological polar surface area (TPSA) is 45.5 Å². The van der Waals surface area contributed by atoms with Gasteiger partial charge in [-0.15, -0.1) is 0 Å². The van der Waals surface area contributed by atoms with E-state index in [4.69, 9.17) is 4.42 Å². The molecule has 1 amide bonds. The van der Waals surface area contributed by atoms with E-state index in [1.807, 2.05) is 17.9 Å². The van der Waals surface area contributed by atoms with Crippen molar-refractivity contribution in [3.63, 3.8) is 0 Å². The van der Waals surface area contributed by atoms with Crippen molar-refractivity contribution in [1.29, 1.82) is 0 Å². The van der Waals surface area contributed by atoms with Crippen LogP contribution in [0.4, 0.5) is 0 Å². The Hall–Kier alpha value is -1.29.